The van der Waals surface area contributed by atoms with Crippen LogP contribution in [0, 0.1) is 0 Å². The molecule has 0 amide bonds. The summed E-state index contributed by atoms with van der Waals surface area (Å²) < 4.78 is 5.86. The normalized spacial score (nSPS) is 18.0. The van der Waals surface area contributed by atoms with Crippen LogP contribution in [-0.4, -0.2) is 20.5 Å². The van der Waals surface area contributed by atoms with Gasteiger partial charge in [0.15, 0.2) is 8.32 Å². The van der Waals surface area contributed by atoms with Gasteiger partial charge in [-0.3, -0.25) is 0 Å². The second kappa shape index (κ2) is 4.23. The number of nitrogens with two attached hydrogens (primary N) is 1. The Kier molecular flexibility index (Phi) is 4.29. The third-order valence-corrected chi connectivity index (χ3v) is 2.50. The molecule has 0 aromatic carbocycles. The molecule has 0 saturated carbocycles. The van der Waals surface area contributed by atoms with Crippen molar-refractivity contribution in [3.05, 3.63) is 0 Å². The summed E-state index contributed by atoms with van der Waals surface area (Å²) in [6.45, 7) is 10.7. The van der Waals surface area contributed by atoms with Gasteiger partial charge in [-0.05, 0) is 33.0 Å². The molecule has 0 aliphatic heterocycles. The third-order valence-electron chi connectivity index (χ3n) is 1.49. The van der Waals surface area contributed by atoms with Crippen LogP contribution in [0.3, 0.4) is 0 Å². The fraction of sp³-hybridized carbons (Fsp3) is 1.00. The first kappa shape index (κ1) is 11.1. The Morgan fingerprint density at radius 1 is 1.36 bits per heavy atom. The van der Waals surface area contributed by atoms with E-state index in [0.717, 1.165) is 6.42 Å². The van der Waals surface area contributed by atoms with Crippen LogP contribution in [0.25, 0.3) is 0 Å². The van der Waals surface area contributed by atoms with Crippen molar-refractivity contribution >= 4 is 8.32 Å². The van der Waals surface area contributed by atoms with Gasteiger partial charge in [0.05, 0.1) is 6.10 Å². The summed E-state index contributed by atoms with van der Waals surface area (Å²) in [5.41, 5.74) is 5.75. The molecule has 0 bridgehead atoms. The van der Waals surface area contributed by atoms with E-state index < -0.39 is 8.32 Å². The Labute approximate surface area is 71.3 Å². The fourth-order valence-corrected chi connectivity index (χ4v) is 2.31. The third kappa shape index (κ3) is 5.41. The van der Waals surface area contributed by atoms with Gasteiger partial charge in [-0.25, -0.2) is 0 Å². The zero-order valence-electron chi connectivity index (χ0n) is 8.35. The Balaban J connectivity index is 3.88. The van der Waals surface area contributed by atoms with Crippen molar-refractivity contribution in [1.29, 1.82) is 0 Å². The van der Waals surface area contributed by atoms with Crippen molar-refractivity contribution in [1.82, 2.24) is 0 Å². The molecular formula is C8H21NOSi. The lowest BCUT2D eigenvalue weighted by Crippen LogP contribution is -2.41. The Morgan fingerprint density at radius 3 is 1.91 bits per heavy atom. The van der Waals surface area contributed by atoms with Crippen molar-refractivity contribution in [2.24, 2.45) is 5.73 Å². The average molecular weight is 175 g/mol. The molecule has 0 spiro atoms. The number of rotatable bonds is 4. The topological polar surface area (TPSA) is 35.2 Å². The average Bonchev–Trinajstić information content (AvgIpc) is 1.80. The second-order valence-corrected chi connectivity index (χ2v) is 8.50. The summed E-state index contributed by atoms with van der Waals surface area (Å²) in [7, 11) is -1.38. The molecule has 0 aromatic rings. The molecule has 0 rings (SSSR count). The monoisotopic (exact) mass is 175 g/mol. The lowest BCUT2D eigenvalue weighted by atomic mass is 10.1. The summed E-state index contributed by atoms with van der Waals surface area (Å²) in [4.78, 5) is 0. The Morgan fingerprint density at radius 2 is 1.82 bits per heavy atom. The van der Waals surface area contributed by atoms with Crippen LogP contribution in [0.4, 0.5) is 0 Å². The van der Waals surface area contributed by atoms with Gasteiger partial charge in [0.1, 0.15) is 0 Å². The van der Waals surface area contributed by atoms with Crippen LogP contribution in [-0.2, 0) is 4.43 Å². The highest BCUT2D eigenvalue weighted by Gasteiger charge is 2.21. The smallest absolute Gasteiger partial charge is 0.184 e. The van der Waals surface area contributed by atoms with Crippen LogP contribution >= 0.6 is 0 Å². The number of hydrogen-bond acceptors (Lipinski definition) is 2. The van der Waals surface area contributed by atoms with E-state index in [9.17, 15) is 0 Å². The first-order chi connectivity index (χ1) is 4.87. The van der Waals surface area contributed by atoms with Crippen LogP contribution in [0.2, 0.25) is 19.6 Å². The summed E-state index contributed by atoms with van der Waals surface area (Å²) >= 11 is 0. The minimum Gasteiger partial charge on any atom is -0.413 e. The second-order valence-electron chi connectivity index (χ2n) is 4.04. The van der Waals surface area contributed by atoms with E-state index in [4.69, 9.17) is 10.2 Å². The van der Waals surface area contributed by atoms with Crippen LogP contribution in [0.5, 0.6) is 0 Å². The quantitative estimate of drug-likeness (QED) is 0.663. The molecule has 68 valence electrons. The van der Waals surface area contributed by atoms with Gasteiger partial charge < -0.3 is 10.2 Å². The predicted octanol–water partition coefficient (Wildman–Crippen LogP) is 1.96. The van der Waals surface area contributed by atoms with Gasteiger partial charge in [-0.2, -0.15) is 0 Å². The molecular weight excluding hydrogens is 154 g/mol. The van der Waals surface area contributed by atoms with Gasteiger partial charge in [0.2, 0.25) is 0 Å². The van der Waals surface area contributed by atoms with E-state index in [1.165, 1.54) is 0 Å². The molecule has 2 nitrogen and oxygen atoms in total. The first-order valence-corrected chi connectivity index (χ1v) is 7.71. The van der Waals surface area contributed by atoms with Crippen LogP contribution in [0.15, 0.2) is 0 Å². The minimum absolute atomic E-state index is 0.159. The van der Waals surface area contributed by atoms with E-state index in [-0.39, 0.29) is 12.1 Å². The van der Waals surface area contributed by atoms with Crippen molar-refractivity contribution in [3.63, 3.8) is 0 Å². The van der Waals surface area contributed by atoms with E-state index in [1.807, 2.05) is 6.92 Å². The van der Waals surface area contributed by atoms with Crippen LogP contribution < -0.4 is 5.73 Å². The fourth-order valence-electron chi connectivity index (χ4n) is 1.02. The van der Waals surface area contributed by atoms with E-state index >= 15 is 0 Å². The summed E-state index contributed by atoms with van der Waals surface area (Å²) in [5.74, 6) is 0. The molecule has 0 radical (unpaired) electrons. The summed E-state index contributed by atoms with van der Waals surface area (Å²) in [5, 5.41) is 0. The van der Waals surface area contributed by atoms with Gasteiger partial charge in [0, 0.05) is 6.04 Å². The molecule has 0 aliphatic carbocycles. The van der Waals surface area contributed by atoms with Crippen molar-refractivity contribution < 1.29 is 4.43 Å². The Bertz CT molecular complexity index is 109. The largest absolute Gasteiger partial charge is 0.413 e. The van der Waals surface area contributed by atoms with E-state index in [2.05, 4.69) is 26.6 Å². The minimum atomic E-state index is -1.38. The molecule has 0 fully saturated rings. The van der Waals surface area contributed by atoms with Crippen molar-refractivity contribution in [2.75, 3.05) is 0 Å². The molecule has 0 saturated heterocycles. The maximum Gasteiger partial charge on any atom is 0.184 e. The predicted molar refractivity (Wildman–Crippen MR) is 52.2 cm³/mol. The highest BCUT2D eigenvalue weighted by atomic mass is 28.4. The lowest BCUT2D eigenvalue weighted by molar-refractivity contribution is 0.165. The van der Waals surface area contributed by atoms with Crippen molar-refractivity contribution in [2.45, 2.75) is 52.1 Å². The van der Waals surface area contributed by atoms with E-state index in [0.29, 0.717) is 0 Å². The van der Waals surface area contributed by atoms with Gasteiger partial charge in [0.25, 0.3) is 0 Å². The van der Waals surface area contributed by atoms with E-state index in [1.54, 1.807) is 0 Å². The highest BCUT2D eigenvalue weighted by molar-refractivity contribution is 6.69. The zero-order valence-corrected chi connectivity index (χ0v) is 9.35. The Hall–Kier alpha value is 0.137. The van der Waals surface area contributed by atoms with Crippen LogP contribution in [0.1, 0.15) is 20.3 Å². The standard InChI is InChI=1S/C8H21NOSi/c1-6-8(7(2)9)10-11(3,4)5/h7-8H,6,9H2,1-5H3. The summed E-state index contributed by atoms with van der Waals surface area (Å²) in [6, 6.07) is 0.159. The molecule has 0 heterocycles. The maximum atomic E-state index is 5.86. The summed E-state index contributed by atoms with van der Waals surface area (Å²) in [6.07, 6.45) is 1.27. The highest BCUT2D eigenvalue weighted by Crippen LogP contribution is 2.11. The molecule has 0 aromatic heterocycles. The molecule has 2 unspecified atom stereocenters. The molecule has 2 N–H and O–H groups in total. The van der Waals surface area contributed by atoms with Gasteiger partial charge in [-0.15, -0.1) is 0 Å². The SMILES string of the molecule is CCC(O[Si](C)(C)C)C(C)N. The molecule has 0 aliphatic rings. The maximum absolute atomic E-state index is 5.86. The van der Waals surface area contributed by atoms with Crippen molar-refractivity contribution in [3.8, 4) is 0 Å². The molecule has 2 atom stereocenters. The first-order valence-electron chi connectivity index (χ1n) is 4.30. The molecule has 11 heavy (non-hydrogen) atoms. The van der Waals surface area contributed by atoms with Gasteiger partial charge in [-0.1, -0.05) is 6.92 Å². The molecule has 3 heteroatoms. The number of hydrogen-bond donors (Lipinski definition) is 1. The lowest BCUT2D eigenvalue weighted by Gasteiger charge is -2.28. The van der Waals surface area contributed by atoms with Gasteiger partial charge >= 0.3 is 0 Å². The zero-order chi connectivity index (χ0) is 9.07.